The number of hydrogen-bond acceptors (Lipinski definition) is 5. The lowest BCUT2D eigenvalue weighted by Crippen LogP contribution is -2.36. The number of furan rings is 1. The Morgan fingerprint density at radius 3 is 2.46 bits per heavy atom. The number of nitrogens with one attached hydrogen (secondary N) is 2. The molecule has 0 unspecified atom stereocenters. The molecule has 0 bridgehead atoms. The predicted molar refractivity (Wildman–Crippen MR) is 99.4 cm³/mol. The van der Waals surface area contributed by atoms with Crippen molar-refractivity contribution in [2.75, 3.05) is 26.0 Å². The Hall–Kier alpha value is -2.36. The first-order valence-electron chi connectivity index (χ1n) is 7.99. The number of anilines is 1. The molecule has 9 heteroatoms. The smallest absolute Gasteiger partial charge is 0.319 e. The van der Waals surface area contributed by atoms with Crippen LogP contribution in [0.25, 0.3) is 0 Å². The third-order valence-electron chi connectivity index (χ3n) is 3.95. The van der Waals surface area contributed by atoms with Crippen molar-refractivity contribution < 1.29 is 17.6 Å². The van der Waals surface area contributed by atoms with E-state index in [0.717, 1.165) is 17.1 Å². The molecule has 1 atom stereocenters. The van der Waals surface area contributed by atoms with Gasteiger partial charge in [0.1, 0.15) is 11.5 Å². The molecular weight excluding hydrogens is 356 g/mol. The molecule has 142 valence electrons. The number of urea groups is 1. The number of nitrogens with zero attached hydrogens (tertiary/aromatic N) is 1. The average Bonchev–Trinajstić information content (AvgIpc) is 2.94. The van der Waals surface area contributed by atoms with Crippen molar-refractivity contribution in [1.29, 1.82) is 0 Å². The second-order valence-corrected chi connectivity index (χ2v) is 7.85. The number of sulfonamides is 1. The summed E-state index contributed by atoms with van der Waals surface area (Å²) < 4.78 is 28.6. The van der Waals surface area contributed by atoms with Crippen molar-refractivity contribution in [1.82, 2.24) is 10.2 Å². The first-order valence-corrected chi connectivity index (χ1v) is 9.53. The molecule has 8 nitrogen and oxygen atoms in total. The van der Waals surface area contributed by atoms with Gasteiger partial charge in [0.05, 0.1) is 10.9 Å². The number of aryl methyl sites for hydroxylation is 2. The van der Waals surface area contributed by atoms with Gasteiger partial charge in [-0.1, -0.05) is 6.07 Å². The second-order valence-electron chi connectivity index (χ2n) is 6.28. The molecule has 4 N–H and O–H groups in total. The van der Waals surface area contributed by atoms with E-state index in [0.29, 0.717) is 12.2 Å². The van der Waals surface area contributed by atoms with Crippen LogP contribution in [0.1, 0.15) is 23.1 Å². The highest BCUT2D eigenvalue weighted by molar-refractivity contribution is 7.89. The lowest BCUT2D eigenvalue weighted by molar-refractivity contribution is 0.232. The highest BCUT2D eigenvalue weighted by atomic mass is 32.2. The van der Waals surface area contributed by atoms with Crippen LogP contribution in [-0.2, 0) is 10.0 Å². The molecule has 26 heavy (non-hydrogen) atoms. The number of rotatable bonds is 6. The van der Waals surface area contributed by atoms with Gasteiger partial charge in [-0.25, -0.2) is 18.4 Å². The van der Waals surface area contributed by atoms with Gasteiger partial charge in [0.15, 0.2) is 0 Å². The highest BCUT2D eigenvalue weighted by Crippen LogP contribution is 2.21. The van der Waals surface area contributed by atoms with E-state index in [-0.39, 0.29) is 10.9 Å². The van der Waals surface area contributed by atoms with Crippen LogP contribution in [0.2, 0.25) is 0 Å². The van der Waals surface area contributed by atoms with E-state index in [9.17, 15) is 13.2 Å². The van der Waals surface area contributed by atoms with E-state index in [1.54, 1.807) is 13.0 Å². The molecule has 1 heterocycles. The highest BCUT2D eigenvalue weighted by Gasteiger charge is 2.19. The van der Waals surface area contributed by atoms with Crippen LogP contribution in [0.15, 0.2) is 39.6 Å². The average molecular weight is 380 g/mol. The maximum absolute atomic E-state index is 12.2. The third-order valence-corrected chi connectivity index (χ3v) is 4.87. The van der Waals surface area contributed by atoms with Crippen molar-refractivity contribution >= 4 is 21.7 Å². The Bertz CT molecular complexity index is 890. The summed E-state index contributed by atoms with van der Waals surface area (Å²) in [6, 6.07) is 7.48. The van der Waals surface area contributed by atoms with E-state index >= 15 is 0 Å². The van der Waals surface area contributed by atoms with Crippen LogP contribution in [-0.4, -0.2) is 40.0 Å². The fraction of sp³-hybridized carbons (Fsp3) is 0.353. The summed E-state index contributed by atoms with van der Waals surface area (Å²) in [7, 11) is -0.0579. The molecule has 2 aromatic rings. The summed E-state index contributed by atoms with van der Waals surface area (Å²) >= 11 is 0. The number of benzene rings is 1. The zero-order chi connectivity index (χ0) is 19.5. The minimum absolute atomic E-state index is 0.0596. The molecule has 1 aromatic carbocycles. The Morgan fingerprint density at radius 1 is 1.23 bits per heavy atom. The summed E-state index contributed by atoms with van der Waals surface area (Å²) in [4.78, 5) is 14.1. The van der Waals surface area contributed by atoms with Gasteiger partial charge in [0.2, 0.25) is 10.0 Å². The number of hydrogen-bond donors (Lipinski definition) is 3. The second kappa shape index (κ2) is 7.90. The Labute approximate surface area is 153 Å². The molecule has 0 fully saturated rings. The topological polar surface area (TPSA) is 118 Å². The molecular formula is C17H24N4O4S. The molecule has 0 aliphatic carbocycles. The maximum atomic E-state index is 12.2. The Balaban J connectivity index is 2.06. The number of carbonyl (C=O) groups is 1. The van der Waals surface area contributed by atoms with Crippen molar-refractivity contribution in [2.45, 2.75) is 24.8 Å². The number of likely N-dealkylation sites (N-methyl/N-ethyl adjacent to an activating group) is 1. The molecule has 2 amide bonds. The quantitative estimate of drug-likeness (QED) is 0.708. The predicted octanol–water partition coefficient (Wildman–Crippen LogP) is 1.97. The molecule has 0 spiro atoms. The van der Waals surface area contributed by atoms with E-state index in [2.05, 4.69) is 10.6 Å². The van der Waals surface area contributed by atoms with Gasteiger partial charge in [-0.2, -0.15) is 0 Å². The zero-order valence-corrected chi connectivity index (χ0v) is 16.1. The Kier molecular flexibility index (Phi) is 6.06. The summed E-state index contributed by atoms with van der Waals surface area (Å²) in [6.45, 7) is 3.94. The van der Waals surface area contributed by atoms with Gasteiger partial charge in [-0.15, -0.1) is 0 Å². The summed E-state index contributed by atoms with van der Waals surface area (Å²) in [5, 5.41) is 10.6. The fourth-order valence-electron chi connectivity index (χ4n) is 2.44. The van der Waals surface area contributed by atoms with Gasteiger partial charge in [-0.3, -0.25) is 4.90 Å². The number of carbonyl (C=O) groups excluding carboxylic acids is 1. The van der Waals surface area contributed by atoms with Crippen LogP contribution in [0.4, 0.5) is 10.5 Å². The first-order chi connectivity index (χ1) is 12.1. The van der Waals surface area contributed by atoms with Gasteiger partial charge < -0.3 is 15.1 Å². The molecule has 2 rings (SSSR count). The van der Waals surface area contributed by atoms with E-state index in [4.69, 9.17) is 9.56 Å². The SMILES string of the molecule is Cc1ccc([C@@H](CNC(=O)Nc2cc(S(N)(=O)=O)ccc2C)N(C)C)o1. The lowest BCUT2D eigenvalue weighted by Gasteiger charge is -2.23. The third kappa shape index (κ3) is 5.07. The van der Waals surface area contributed by atoms with Crippen LogP contribution in [0.5, 0.6) is 0 Å². The number of amides is 2. The molecule has 0 radical (unpaired) electrons. The number of primary sulfonamides is 1. The van der Waals surface area contributed by atoms with Crippen molar-refractivity contribution in [3.8, 4) is 0 Å². The van der Waals surface area contributed by atoms with Crippen LogP contribution >= 0.6 is 0 Å². The Morgan fingerprint density at radius 2 is 1.92 bits per heavy atom. The van der Waals surface area contributed by atoms with E-state index in [1.807, 2.05) is 38.1 Å². The molecule has 0 aliphatic rings. The summed E-state index contributed by atoms with van der Waals surface area (Å²) in [6.07, 6.45) is 0. The lowest BCUT2D eigenvalue weighted by atomic mass is 10.2. The zero-order valence-electron chi connectivity index (χ0n) is 15.2. The van der Waals surface area contributed by atoms with Crippen LogP contribution < -0.4 is 15.8 Å². The van der Waals surface area contributed by atoms with E-state index < -0.39 is 16.1 Å². The largest absolute Gasteiger partial charge is 0.465 e. The minimum Gasteiger partial charge on any atom is -0.465 e. The standard InChI is InChI=1S/C17H24N4O4S/c1-11-5-7-13(26(18,23)24)9-14(11)20-17(22)19-10-15(21(3)4)16-8-6-12(2)25-16/h5-9,15H,10H2,1-4H3,(H2,18,23,24)(H2,19,20,22)/t15-/m1/s1. The van der Waals surface area contributed by atoms with Gasteiger partial charge in [0.25, 0.3) is 0 Å². The molecule has 1 aromatic heterocycles. The molecule has 0 saturated carbocycles. The minimum atomic E-state index is -3.84. The maximum Gasteiger partial charge on any atom is 0.319 e. The fourth-order valence-corrected chi connectivity index (χ4v) is 2.98. The number of nitrogens with two attached hydrogens (primary N) is 1. The normalized spacial score (nSPS) is 12.8. The van der Waals surface area contributed by atoms with Crippen molar-refractivity contribution in [2.24, 2.45) is 5.14 Å². The van der Waals surface area contributed by atoms with Crippen molar-refractivity contribution in [3.05, 3.63) is 47.4 Å². The summed E-state index contributed by atoms with van der Waals surface area (Å²) in [5.41, 5.74) is 1.10. The molecule has 0 saturated heterocycles. The van der Waals surface area contributed by atoms with Gasteiger partial charge >= 0.3 is 6.03 Å². The van der Waals surface area contributed by atoms with E-state index in [1.165, 1.54) is 12.1 Å². The van der Waals surface area contributed by atoms with Gasteiger partial charge in [-0.05, 0) is 57.8 Å². The summed E-state index contributed by atoms with van der Waals surface area (Å²) in [5.74, 6) is 1.55. The van der Waals surface area contributed by atoms with Crippen LogP contribution in [0, 0.1) is 13.8 Å². The molecule has 0 aliphatic heterocycles. The van der Waals surface area contributed by atoms with Gasteiger partial charge in [0, 0.05) is 12.2 Å². The monoisotopic (exact) mass is 380 g/mol. The van der Waals surface area contributed by atoms with Crippen molar-refractivity contribution in [3.63, 3.8) is 0 Å². The first kappa shape index (κ1) is 20.0. The van der Waals surface area contributed by atoms with Crippen LogP contribution in [0.3, 0.4) is 0 Å².